The maximum absolute atomic E-state index is 11.1. The molecule has 0 aliphatic heterocycles. The predicted molar refractivity (Wildman–Crippen MR) is 79.4 cm³/mol. The van der Waals surface area contributed by atoms with Crippen LogP contribution in [0.1, 0.15) is 23.7 Å². The predicted octanol–water partition coefficient (Wildman–Crippen LogP) is 4.43. The van der Waals surface area contributed by atoms with Gasteiger partial charge in [0.15, 0.2) is 0 Å². The molecule has 19 heavy (non-hydrogen) atoms. The number of benzene rings is 2. The summed E-state index contributed by atoms with van der Waals surface area (Å²) in [5, 5.41) is -0.540. The van der Waals surface area contributed by atoms with Crippen LogP contribution in [0, 0.1) is 0 Å². The lowest BCUT2D eigenvalue weighted by atomic mass is 10.0. The van der Waals surface area contributed by atoms with Gasteiger partial charge >= 0.3 is 5.30 Å². The van der Waals surface area contributed by atoms with Gasteiger partial charge in [-0.05, 0) is 24.0 Å². The lowest BCUT2D eigenvalue weighted by molar-refractivity contribution is 0.118. The molecule has 0 aliphatic rings. The van der Waals surface area contributed by atoms with Crippen molar-refractivity contribution < 1.29 is 9.53 Å². The second-order valence-corrected chi connectivity index (χ2v) is 4.67. The number of hydrogen-bond acceptors (Lipinski definition) is 2. The van der Waals surface area contributed by atoms with Crippen LogP contribution in [-0.4, -0.2) is 5.30 Å². The molecule has 2 aromatic carbocycles. The van der Waals surface area contributed by atoms with Gasteiger partial charge in [0.2, 0.25) is 0 Å². The summed E-state index contributed by atoms with van der Waals surface area (Å²) in [6.07, 6.45) is 1.37. The standard InChI is InChI=1S/C16H16O2S/c17-16(19)18-15(14-9-5-2-6-10-14)12-11-13-7-3-1-4-8-13/h1-10,15H,11-12H2,(H,17,19)/t15-/m0/s1. The van der Waals surface area contributed by atoms with E-state index >= 15 is 0 Å². The number of carbonyl (C=O) groups excluding carboxylic acids is 1. The number of hydrogen-bond donors (Lipinski definition) is 1. The molecule has 0 aromatic heterocycles. The van der Waals surface area contributed by atoms with Gasteiger partial charge in [0.05, 0.1) is 0 Å². The molecule has 0 bridgehead atoms. The summed E-state index contributed by atoms with van der Waals surface area (Å²) in [5.41, 5.74) is 2.24. The van der Waals surface area contributed by atoms with Crippen LogP contribution in [0.3, 0.4) is 0 Å². The van der Waals surface area contributed by atoms with Crippen LogP contribution in [0.4, 0.5) is 4.79 Å². The maximum atomic E-state index is 11.1. The van der Waals surface area contributed by atoms with E-state index < -0.39 is 5.30 Å². The Bertz CT molecular complexity index is 511. The Labute approximate surface area is 118 Å². The molecule has 0 amide bonds. The first-order valence-electron chi connectivity index (χ1n) is 6.24. The Morgan fingerprint density at radius 3 is 2.16 bits per heavy atom. The molecular formula is C16H16O2S. The highest BCUT2D eigenvalue weighted by atomic mass is 32.1. The monoisotopic (exact) mass is 272 g/mol. The Balaban J connectivity index is 2.04. The third-order valence-electron chi connectivity index (χ3n) is 2.95. The average molecular weight is 272 g/mol. The van der Waals surface area contributed by atoms with Crippen molar-refractivity contribution in [3.63, 3.8) is 0 Å². The van der Waals surface area contributed by atoms with E-state index in [1.807, 2.05) is 48.5 Å². The summed E-state index contributed by atoms with van der Waals surface area (Å²) >= 11 is 3.71. The average Bonchev–Trinajstić information content (AvgIpc) is 2.45. The van der Waals surface area contributed by atoms with Crippen molar-refractivity contribution in [2.45, 2.75) is 18.9 Å². The van der Waals surface area contributed by atoms with Crippen molar-refractivity contribution in [2.75, 3.05) is 0 Å². The van der Waals surface area contributed by atoms with Crippen LogP contribution in [0.25, 0.3) is 0 Å². The van der Waals surface area contributed by atoms with Gasteiger partial charge in [-0.15, -0.1) is 0 Å². The minimum Gasteiger partial charge on any atom is -0.450 e. The second kappa shape index (κ2) is 7.00. The van der Waals surface area contributed by atoms with Gasteiger partial charge in [-0.1, -0.05) is 73.3 Å². The fourth-order valence-electron chi connectivity index (χ4n) is 2.03. The van der Waals surface area contributed by atoms with Crippen molar-refractivity contribution >= 4 is 17.9 Å². The minimum atomic E-state index is -0.540. The topological polar surface area (TPSA) is 26.3 Å². The van der Waals surface area contributed by atoms with Crippen LogP contribution in [0.5, 0.6) is 0 Å². The van der Waals surface area contributed by atoms with Crippen LogP contribution >= 0.6 is 12.6 Å². The molecule has 0 fully saturated rings. The normalized spacial score (nSPS) is 11.8. The molecule has 0 radical (unpaired) electrons. The molecule has 0 heterocycles. The van der Waals surface area contributed by atoms with E-state index in [-0.39, 0.29) is 6.10 Å². The molecule has 0 unspecified atom stereocenters. The number of thiol groups is 1. The van der Waals surface area contributed by atoms with E-state index in [9.17, 15) is 4.79 Å². The first-order valence-corrected chi connectivity index (χ1v) is 6.69. The molecule has 0 saturated heterocycles. The van der Waals surface area contributed by atoms with E-state index in [0.717, 1.165) is 18.4 Å². The Morgan fingerprint density at radius 2 is 1.58 bits per heavy atom. The number of aryl methyl sites for hydroxylation is 1. The molecule has 1 atom stereocenters. The van der Waals surface area contributed by atoms with E-state index in [0.29, 0.717) is 0 Å². The number of rotatable bonds is 5. The summed E-state index contributed by atoms with van der Waals surface area (Å²) in [7, 11) is 0. The zero-order chi connectivity index (χ0) is 13.5. The highest BCUT2D eigenvalue weighted by Gasteiger charge is 2.14. The molecule has 2 rings (SSSR count). The molecule has 0 saturated carbocycles. The van der Waals surface area contributed by atoms with Crippen molar-refractivity contribution in [1.82, 2.24) is 0 Å². The van der Waals surface area contributed by atoms with Crippen LogP contribution < -0.4 is 0 Å². The van der Waals surface area contributed by atoms with Crippen LogP contribution in [-0.2, 0) is 11.2 Å². The third kappa shape index (κ3) is 4.45. The second-order valence-electron chi connectivity index (χ2n) is 4.31. The molecule has 0 aliphatic carbocycles. The fourth-order valence-corrected chi connectivity index (χ4v) is 2.15. The Kier molecular flexibility index (Phi) is 5.04. The Hall–Kier alpha value is -1.74. The van der Waals surface area contributed by atoms with Crippen molar-refractivity contribution in [3.05, 3.63) is 71.8 Å². The van der Waals surface area contributed by atoms with Gasteiger partial charge in [0, 0.05) is 0 Å². The SMILES string of the molecule is O=C(S)O[C@@H](CCc1ccccc1)c1ccccc1. The zero-order valence-corrected chi connectivity index (χ0v) is 11.4. The van der Waals surface area contributed by atoms with E-state index in [1.165, 1.54) is 5.56 Å². The largest absolute Gasteiger partial charge is 0.450 e. The number of carbonyl (C=O) groups is 1. The smallest absolute Gasteiger partial charge is 0.364 e. The van der Waals surface area contributed by atoms with Crippen molar-refractivity contribution in [3.8, 4) is 0 Å². The molecular weight excluding hydrogens is 256 g/mol. The summed E-state index contributed by atoms with van der Waals surface area (Å²) in [6, 6.07) is 19.9. The molecule has 0 N–H and O–H groups in total. The van der Waals surface area contributed by atoms with Gasteiger partial charge in [-0.25, -0.2) is 4.79 Å². The van der Waals surface area contributed by atoms with E-state index in [4.69, 9.17) is 4.74 Å². The van der Waals surface area contributed by atoms with Crippen molar-refractivity contribution in [1.29, 1.82) is 0 Å². The maximum Gasteiger partial charge on any atom is 0.364 e. The summed E-state index contributed by atoms with van der Waals surface area (Å²) in [4.78, 5) is 11.1. The molecule has 3 heteroatoms. The van der Waals surface area contributed by atoms with Gasteiger partial charge in [-0.3, -0.25) is 0 Å². The zero-order valence-electron chi connectivity index (χ0n) is 10.5. The third-order valence-corrected chi connectivity index (χ3v) is 3.06. The summed E-state index contributed by atoms with van der Waals surface area (Å²) < 4.78 is 5.28. The molecule has 2 nitrogen and oxygen atoms in total. The van der Waals surface area contributed by atoms with Gasteiger partial charge < -0.3 is 4.74 Å². The fraction of sp³-hybridized carbons (Fsp3) is 0.188. The van der Waals surface area contributed by atoms with Gasteiger partial charge in [0.1, 0.15) is 6.10 Å². The van der Waals surface area contributed by atoms with Crippen LogP contribution in [0.15, 0.2) is 60.7 Å². The first kappa shape index (κ1) is 13.7. The quantitative estimate of drug-likeness (QED) is 0.644. The molecule has 0 spiro atoms. The van der Waals surface area contributed by atoms with Crippen molar-refractivity contribution in [2.24, 2.45) is 0 Å². The summed E-state index contributed by atoms with van der Waals surface area (Å²) in [5.74, 6) is 0. The minimum absolute atomic E-state index is 0.244. The lowest BCUT2D eigenvalue weighted by Gasteiger charge is -2.17. The highest BCUT2D eigenvalue weighted by molar-refractivity contribution is 7.96. The van der Waals surface area contributed by atoms with E-state index in [2.05, 4.69) is 24.8 Å². The first-order chi connectivity index (χ1) is 9.25. The van der Waals surface area contributed by atoms with Gasteiger partial charge in [-0.2, -0.15) is 0 Å². The van der Waals surface area contributed by atoms with Gasteiger partial charge in [0.25, 0.3) is 0 Å². The molecule has 98 valence electrons. The highest BCUT2D eigenvalue weighted by Crippen LogP contribution is 2.24. The summed E-state index contributed by atoms with van der Waals surface area (Å²) in [6.45, 7) is 0. The lowest BCUT2D eigenvalue weighted by Crippen LogP contribution is -2.07. The Morgan fingerprint density at radius 1 is 1.00 bits per heavy atom. The van der Waals surface area contributed by atoms with Crippen LogP contribution in [0.2, 0.25) is 0 Å². The van der Waals surface area contributed by atoms with E-state index in [1.54, 1.807) is 0 Å². The molecule has 2 aromatic rings. The number of ether oxygens (including phenoxy) is 1.